The van der Waals surface area contributed by atoms with Crippen LogP contribution in [0.25, 0.3) is 16.8 Å². The average Bonchev–Trinajstić information content (AvgIpc) is 3.54. The highest BCUT2D eigenvalue weighted by molar-refractivity contribution is 6.51. The number of carboxylic acid groups (broad SMARTS) is 1. The molecule has 3 N–H and O–H groups in total. The Balaban J connectivity index is 1.43. The number of amides is 1. The fourth-order valence-electron chi connectivity index (χ4n) is 5.30. The molecule has 1 atom stereocenters. The molecule has 1 saturated heterocycles. The summed E-state index contributed by atoms with van der Waals surface area (Å²) in [5.41, 5.74) is 4.39. The van der Waals surface area contributed by atoms with Crippen molar-refractivity contribution in [2.75, 3.05) is 4.90 Å². The first-order chi connectivity index (χ1) is 20.7. The topological polar surface area (TPSA) is 133 Å². The van der Waals surface area contributed by atoms with Gasteiger partial charge in [0.1, 0.15) is 18.1 Å². The molecule has 0 radical (unpaired) electrons. The summed E-state index contributed by atoms with van der Waals surface area (Å²) in [5.74, 6) is -2.48. The van der Waals surface area contributed by atoms with Crippen molar-refractivity contribution in [3.63, 3.8) is 0 Å². The number of ketones is 1. The quantitative estimate of drug-likeness (QED) is 0.122. The Kier molecular flexibility index (Phi) is 6.99. The van der Waals surface area contributed by atoms with Crippen molar-refractivity contribution in [3.05, 3.63) is 130 Å². The van der Waals surface area contributed by atoms with Crippen molar-refractivity contribution >= 4 is 40.4 Å². The Labute approximate surface area is 246 Å². The fraction of sp³-hybridized carbons (Fsp3) is 0.118. The number of aliphatic hydroxyl groups is 1. The molecule has 0 bridgehead atoms. The fourth-order valence-corrected chi connectivity index (χ4v) is 5.30. The summed E-state index contributed by atoms with van der Waals surface area (Å²) >= 11 is 0. The van der Waals surface area contributed by atoms with Gasteiger partial charge in [0.2, 0.25) is 5.95 Å². The first-order valence-electron chi connectivity index (χ1n) is 13.6. The number of anilines is 1. The van der Waals surface area contributed by atoms with Gasteiger partial charge in [-0.2, -0.15) is 0 Å². The standard InChI is InChI=1S/C34H27N3O6/c1-19-7-6-10-22(15-19)29-28(30(38)23-12-14-27(20(2)16-23)43-18-21-8-4-3-5-9-21)31(39)32(40)37(29)34-35-25-13-11-24(33(41)42)17-26(25)36-34/h3-17,29,38H,18H2,1-2H3,(H,35,36)(H,41,42)/b30-28+. The largest absolute Gasteiger partial charge is 0.507 e. The van der Waals surface area contributed by atoms with E-state index < -0.39 is 23.7 Å². The van der Waals surface area contributed by atoms with E-state index in [-0.39, 0.29) is 22.8 Å². The molecule has 9 nitrogen and oxygen atoms in total. The SMILES string of the molecule is Cc1cccc(C2/C(=C(\O)c3ccc(OCc4ccccc4)c(C)c3)C(=O)C(=O)N2c2nc3ccc(C(=O)O)cc3[nH]2)c1. The van der Waals surface area contributed by atoms with Crippen molar-refractivity contribution < 1.29 is 29.3 Å². The van der Waals surface area contributed by atoms with Crippen LogP contribution in [0.3, 0.4) is 0 Å². The Morgan fingerprint density at radius 1 is 0.907 bits per heavy atom. The molecule has 214 valence electrons. The Morgan fingerprint density at radius 3 is 2.40 bits per heavy atom. The number of aromatic amines is 1. The van der Waals surface area contributed by atoms with Gasteiger partial charge in [0.25, 0.3) is 5.78 Å². The molecule has 1 aromatic heterocycles. The van der Waals surface area contributed by atoms with Crippen LogP contribution in [-0.2, 0) is 16.2 Å². The number of hydrogen-bond acceptors (Lipinski definition) is 6. The maximum absolute atomic E-state index is 13.6. The number of carboxylic acids is 1. The van der Waals surface area contributed by atoms with Crippen LogP contribution in [0.15, 0.2) is 96.6 Å². The third-order valence-corrected chi connectivity index (χ3v) is 7.43. The van der Waals surface area contributed by atoms with Gasteiger partial charge in [0, 0.05) is 5.56 Å². The number of H-pyrrole nitrogens is 1. The van der Waals surface area contributed by atoms with Gasteiger partial charge in [0.05, 0.1) is 28.2 Å². The van der Waals surface area contributed by atoms with Gasteiger partial charge < -0.3 is 19.9 Å². The van der Waals surface area contributed by atoms with E-state index in [2.05, 4.69) is 9.97 Å². The van der Waals surface area contributed by atoms with Gasteiger partial charge in [-0.25, -0.2) is 9.78 Å². The second-order valence-corrected chi connectivity index (χ2v) is 10.4. The smallest absolute Gasteiger partial charge is 0.335 e. The number of aliphatic hydroxyl groups excluding tert-OH is 1. The third kappa shape index (κ3) is 5.12. The molecular formula is C34H27N3O6. The molecule has 4 aromatic carbocycles. The lowest BCUT2D eigenvalue weighted by molar-refractivity contribution is -0.132. The van der Waals surface area contributed by atoms with Crippen LogP contribution in [0.1, 0.15) is 44.2 Å². The minimum atomic E-state index is -1.11. The number of fused-ring (bicyclic) bond motifs is 1. The minimum Gasteiger partial charge on any atom is -0.507 e. The number of Topliss-reactive ketones (excluding diaryl/α,β-unsaturated/α-hetero) is 1. The number of nitrogens with one attached hydrogen (secondary N) is 1. The van der Waals surface area contributed by atoms with Gasteiger partial charge in [0.15, 0.2) is 0 Å². The first kappa shape index (κ1) is 27.5. The number of rotatable bonds is 7. The molecule has 43 heavy (non-hydrogen) atoms. The number of aromatic carboxylic acids is 1. The Bertz CT molecular complexity index is 1940. The molecule has 0 saturated carbocycles. The Hall–Kier alpha value is -5.70. The van der Waals surface area contributed by atoms with E-state index in [0.717, 1.165) is 16.7 Å². The summed E-state index contributed by atoms with van der Waals surface area (Å²) in [7, 11) is 0. The van der Waals surface area contributed by atoms with Crippen LogP contribution < -0.4 is 9.64 Å². The zero-order valence-electron chi connectivity index (χ0n) is 23.4. The van der Waals surface area contributed by atoms with Gasteiger partial charge in [-0.15, -0.1) is 0 Å². The number of carbonyl (C=O) groups is 3. The number of benzene rings is 4. The van der Waals surface area contributed by atoms with Crippen molar-refractivity contribution in [1.29, 1.82) is 0 Å². The normalized spacial score (nSPS) is 16.1. The molecule has 1 aliphatic heterocycles. The van der Waals surface area contributed by atoms with E-state index in [0.29, 0.717) is 34.5 Å². The first-order valence-corrected chi connectivity index (χ1v) is 13.6. The van der Waals surface area contributed by atoms with E-state index in [4.69, 9.17) is 4.74 Å². The van der Waals surface area contributed by atoms with Crippen molar-refractivity contribution in [2.45, 2.75) is 26.5 Å². The van der Waals surface area contributed by atoms with Gasteiger partial charge in [-0.05, 0) is 66.9 Å². The maximum Gasteiger partial charge on any atom is 0.335 e. The molecule has 6 rings (SSSR count). The molecule has 1 aliphatic rings. The highest BCUT2D eigenvalue weighted by atomic mass is 16.5. The van der Waals surface area contributed by atoms with Crippen molar-refractivity contribution in [2.24, 2.45) is 0 Å². The number of carbonyl (C=O) groups excluding carboxylic acids is 2. The van der Waals surface area contributed by atoms with E-state index in [1.807, 2.05) is 62.4 Å². The molecule has 5 aromatic rings. The summed E-state index contributed by atoms with van der Waals surface area (Å²) in [6.45, 7) is 4.10. The molecule has 1 fully saturated rings. The summed E-state index contributed by atoms with van der Waals surface area (Å²) in [6, 6.07) is 25.5. The van der Waals surface area contributed by atoms with Crippen LogP contribution in [0.5, 0.6) is 5.75 Å². The minimum absolute atomic E-state index is 0.0477. The molecular weight excluding hydrogens is 546 g/mol. The summed E-state index contributed by atoms with van der Waals surface area (Å²) < 4.78 is 5.98. The van der Waals surface area contributed by atoms with Crippen LogP contribution in [-0.4, -0.2) is 37.8 Å². The molecule has 0 aliphatic carbocycles. The number of hydrogen-bond donors (Lipinski definition) is 3. The van der Waals surface area contributed by atoms with Crippen LogP contribution in [0, 0.1) is 13.8 Å². The molecule has 2 heterocycles. The lowest BCUT2D eigenvalue weighted by atomic mass is 9.94. The summed E-state index contributed by atoms with van der Waals surface area (Å²) in [5, 5.41) is 21.0. The number of ether oxygens (including phenoxy) is 1. The second kappa shape index (κ2) is 10.9. The molecule has 1 amide bonds. The van der Waals surface area contributed by atoms with E-state index in [1.165, 1.54) is 23.1 Å². The third-order valence-electron chi connectivity index (χ3n) is 7.43. The van der Waals surface area contributed by atoms with Crippen LogP contribution >= 0.6 is 0 Å². The molecule has 9 heteroatoms. The number of aryl methyl sites for hydroxylation is 2. The van der Waals surface area contributed by atoms with E-state index >= 15 is 0 Å². The number of nitrogens with zero attached hydrogens (tertiary/aromatic N) is 2. The van der Waals surface area contributed by atoms with E-state index in [9.17, 15) is 24.6 Å². The lowest BCUT2D eigenvalue weighted by Gasteiger charge is -2.23. The van der Waals surface area contributed by atoms with Crippen LogP contribution in [0.4, 0.5) is 5.95 Å². The Morgan fingerprint density at radius 2 is 1.67 bits per heavy atom. The van der Waals surface area contributed by atoms with Crippen LogP contribution in [0.2, 0.25) is 0 Å². The van der Waals surface area contributed by atoms with Gasteiger partial charge in [-0.3, -0.25) is 14.5 Å². The number of aromatic nitrogens is 2. The highest BCUT2D eigenvalue weighted by Crippen LogP contribution is 2.42. The van der Waals surface area contributed by atoms with Crippen molar-refractivity contribution in [3.8, 4) is 5.75 Å². The predicted octanol–water partition coefficient (Wildman–Crippen LogP) is 6.08. The van der Waals surface area contributed by atoms with Gasteiger partial charge >= 0.3 is 11.9 Å². The van der Waals surface area contributed by atoms with Gasteiger partial charge in [-0.1, -0.05) is 60.2 Å². The summed E-state index contributed by atoms with van der Waals surface area (Å²) in [6.07, 6.45) is 0. The maximum atomic E-state index is 13.6. The number of imidazole rings is 1. The lowest BCUT2D eigenvalue weighted by Crippen LogP contribution is -2.30. The van der Waals surface area contributed by atoms with Crippen molar-refractivity contribution in [1.82, 2.24) is 9.97 Å². The zero-order chi connectivity index (χ0) is 30.2. The van der Waals surface area contributed by atoms with E-state index in [1.54, 1.807) is 24.3 Å². The second-order valence-electron chi connectivity index (χ2n) is 10.4. The zero-order valence-corrected chi connectivity index (χ0v) is 23.4. The highest BCUT2D eigenvalue weighted by Gasteiger charge is 2.48. The monoisotopic (exact) mass is 573 g/mol. The average molecular weight is 574 g/mol. The molecule has 1 unspecified atom stereocenters. The molecule has 0 spiro atoms. The summed E-state index contributed by atoms with van der Waals surface area (Å²) in [4.78, 5) is 47.4. The predicted molar refractivity (Wildman–Crippen MR) is 161 cm³/mol.